The van der Waals surface area contributed by atoms with Gasteiger partial charge < -0.3 is 4.74 Å². The molecule has 0 unspecified atom stereocenters. The Kier molecular flexibility index (Phi) is 5.85. The Morgan fingerprint density at radius 2 is 1.81 bits per heavy atom. The Morgan fingerprint density at radius 3 is 2.44 bits per heavy atom. The predicted octanol–water partition coefficient (Wildman–Crippen LogP) is 3.19. The predicted molar refractivity (Wildman–Crippen MR) is 126 cm³/mol. The summed E-state index contributed by atoms with van der Waals surface area (Å²) in [6, 6.07) is 12.9. The summed E-state index contributed by atoms with van der Waals surface area (Å²) < 4.78 is 49.8. The number of hydrogen-bond donors (Lipinski definition) is 2. The molecule has 5 aromatic rings. The maximum absolute atomic E-state index is 14.1. The van der Waals surface area contributed by atoms with Gasteiger partial charge in [-0.15, -0.1) is 20.4 Å². The second-order valence-corrected chi connectivity index (χ2v) is 9.31. The number of aryl methyl sites for hydroxylation is 1. The van der Waals surface area contributed by atoms with Gasteiger partial charge in [0.25, 0.3) is 10.0 Å². The summed E-state index contributed by atoms with van der Waals surface area (Å²) in [6.07, 6.45) is 1.67. The molecule has 5 rings (SSSR count). The SMILES string of the molecule is Cc1ncn(-c2ccc(Oc3ccc(NS(=O)(=O)c4ccc(F)c(-c5nn[nH]n5)c4)cc3)nn2)c1C. The van der Waals surface area contributed by atoms with Gasteiger partial charge in [-0.25, -0.2) is 17.8 Å². The topological polar surface area (TPSA) is 153 Å². The van der Waals surface area contributed by atoms with Crippen molar-refractivity contribution >= 4 is 15.7 Å². The fourth-order valence-corrected chi connectivity index (χ4v) is 4.35. The van der Waals surface area contributed by atoms with Gasteiger partial charge >= 0.3 is 0 Å². The molecule has 182 valence electrons. The quantitative estimate of drug-likeness (QED) is 0.338. The van der Waals surface area contributed by atoms with Crippen LogP contribution in [0.25, 0.3) is 17.2 Å². The van der Waals surface area contributed by atoms with E-state index >= 15 is 0 Å². The average Bonchev–Trinajstić information content (AvgIpc) is 3.51. The highest BCUT2D eigenvalue weighted by atomic mass is 32.2. The van der Waals surface area contributed by atoms with Crippen molar-refractivity contribution < 1.29 is 17.5 Å². The molecule has 12 nitrogen and oxygen atoms in total. The molecule has 0 amide bonds. The number of rotatable bonds is 7. The molecule has 0 aliphatic carbocycles. The van der Waals surface area contributed by atoms with E-state index in [1.54, 1.807) is 30.6 Å². The molecule has 0 saturated carbocycles. The lowest BCUT2D eigenvalue weighted by atomic mass is 10.2. The molecule has 0 fully saturated rings. The van der Waals surface area contributed by atoms with Gasteiger partial charge in [0, 0.05) is 17.4 Å². The van der Waals surface area contributed by atoms with Crippen molar-refractivity contribution in [3.05, 3.63) is 78.1 Å². The normalized spacial score (nSPS) is 11.4. The maximum atomic E-state index is 14.1. The summed E-state index contributed by atoms with van der Waals surface area (Å²) in [5, 5.41) is 21.2. The number of aromatic amines is 1. The third-order valence-corrected chi connectivity index (χ3v) is 6.67. The van der Waals surface area contributed by atoms with Crippen molar-refractivity contribution in [1.82, 2.24) is 40.4 Å². The second-order valence-electron chi connectivity index (χ2n) is 7.62. The number of tetrazole rings is 1. The van der Waals surface area contributed by atoms with Crippen molar-refractivity contribution in [2.45, 2.75) is 18.7 Å². The zero-order valence-electron chi connectivity index (χ0n) is 18.9. The fraction of sp³-hybridized carbons (Fsp3) is 0.0909. The molecule has 36 heavy (non-hydrogen) atoms. The average molecular weight is 508 g/mol. The molecule has 0 atom stereocenters. The highest BCUT2D eigenvalue weighted by molar-refractivity contribution is 7.92. The number of hydrogen-bond acceptors (Lipinski definition) is 9. The van der Waals surface area contributed by atoms with Crippen molar-refractivity contribution in [3.8, 4) is 28.8 Å². The van der Waals surface area contributed by atoms with E-state index in [1.807, 2.05) is 18.4 Å². The van der Waals surface area contributed by atoms with E-state index in [-0.39, 0.29) is 27.9 Å². The van der Waals surface area contributed by atoms with Gasteiger partial charge in [-0.1, -0.05) is 0 Å². The van der Waals surface area contributed by atoms with E-state index in [2.05, 4.69) is 40.5 Å². The molecule has 0 bridgehead atoms. The molecule has 2 N–H and O–H groups in total. The number of ether oxygens (including phenoxy) is 1. The van der Waals surface area contributed by atoms with Crippen LogP contribution in [0, 0.1) is 19.7 Å². The lowest BCUT2D eigenvalue weighted by molar-refractivity contribution is 0.454. The van der Waals surface area contributed by atoms with E-state index in [4.69, 9.17) is 4.74 Å². The third kappa shape index (κ3) is 4.61. The minimum Gasteiger partial charge on any atom is -0.438 e. The van der Waals surface area contributed by atoms with E-state index in [9.17, 15) is 12.8 Å². The van der Waals surface area contributed by atoms with Gasteiger partial charge in [-0.05, 0) is 67.6 Å². The van der Waals surface area contributed by atoms with Crippen LogP contribution in [0.3, 0.4) is 0 Å². The number of sulfonamides is 1. The number of H-pyrrole nitrogens is 1. The number of imidazole rings is 1. The molecule has 0 spiro atoms. The molecule has 14 heteroatoms. The zero-order valence-corrected chi connectivity index (χ0v) is 19.7. The Labute approximate surface area is 204 Å². The summed E-state index contributed by atoms with van der Waals surface area (Å²) in [5.41, 5.74) is 2.04. The molecule has 0 saturated heterocycles. The van der Waals surface area contributed by atoms with Crippen molar-refractivity contribution in [2.24, 2.45) is 0 Å². The first kappa shape index (κ1) is 23.0. The van der Waals surface area contributed by atoms with Crippen LogP contribution >= 0.6 is 0 Å². The standard InChI is InChI=1S/C22H18FN9O3S/c1-13-14(2)32(12-24-13)20-9-10-21(26-25-20)35-16-5-3-15(4-6-16)29-36(33,34)17-7-8-19(23)18(11-17)22-27-30-31-28-22/h3-12,29H,1-2H3,(H,27,28,30,31). The summed E-state index contributed by atoms with van der Waals surface area (Å²) in [7, 11) is -4.02. The van der Waals surface area contributed by atoms with Gasteiger partial charge in [0.2, 0.25) is 11.7 Å². The van der Waals surface area contributed by atoms with Gasteiger partial charge in [-0.3, -0.25) is 9.29 Å². The van der Waals surface area contributed by atoms with Crippen molar-refractivity contribution in [1.29, 1.82) is 0 Å². The molecule has 3 heterocycles. The first-order chi connectivity index (χ1) is 17.3. The molecule has 3 aromatic heterocycles. The summed E-state index contributed by atoms with van der Waals surface area (Å²) in [5.74, 6) is 0.562. The molecular weight excluding hydrogens is 489 g/mol. The number of benzene rings is 2. The number of nitrogens with zero attached hydrogens (tertiary/aromatic N) is 7. The maximum Gasteiger partial charge on any atom is 0.261 e. The smallest absolute Gasteiger partial charge is 0.261 e. The Morgan fingerprint density at radius 1 is 1.00 bits per heavy atom. The Hall–Kier alpha value is -4.72. The van der Waals surface area contributed by atoms with Crippen LogP contribution in [-0.4, -0.2) is 48.8 Å². The van der Waals surface area contributed by atoms with Gasteiger partial charge in [0.05, 0.1) is 16.2 Å². The molecule has 0 aliphatic rings. The van der Waals surface area contributed by atoms with Crippen LogP contribution in [0.4, 0.5) is 10.1 Å². The lowest BCUT2D eigenvalue weighted by Gasteiger charge is -2.10. The highest BCUT2D eigenvalue weighted by Crippen LogP contribution is 2.26. The Balaban J connectivity index is 1.28. The molecular formula is C22H18FN9O3S. The monoisotopic (exact) mass is 507 g/mol. The van der Waals surface area contributed by atoms with Crippen LogP contribution in [0.1, 0.15) is 11.4 Å². The van der Waals surface area contributed by atoms with E-state index in [0.717, 1.165) is 29.6 Å². The number of halogens is 1. The van der Waals surface area contributed by atoms with Crippen LogP contribution in [-0.2, 0) is 10.0 Å². The van der Waals surface area contributed by atoms with Crippen molar-refractivity contribution in [3.63, 3.8) is 0 Å². The molecule has 2 aromatic carbocycles. The minimum atomic E-state index is -4.02. The number of nitrogens with one attached hydrogen (secondary N) is 2. The fourth-order valence-electron chi connectivity index (χ4n) is 3.27. The third-order valence-electron chi connectivity index (χ3n) is 5.29. The van der Waals surface area contributed by atoms with E-state index in [1.165, 1.54) is 12.1 Å². The highest BCUT2D eigenvalue weighted by Gasteiger charge is 2.19. The van der Waals surface area contributed by atoms with Crippen LogP contribution < -0.4 is 9.46 Å². The summed E-state index contributed by atoms with van der Waals surface area (Å²) >= 11 is 0. The van der Waals surface area contributed by atoms with Crippen LogP contribution in [0.5, 0.6) is 11.6 Å². The van der Waals surface area contributed by atoms with E-state index < -0.39 is 15.8 Å². The lowest BCUT2D eigenvalue weighted by Crippen LogP contribution is -2.13. The number of aromatic nitrogens is 8. The first-order valence-electron chi connectivity index (χ1n) is 10.5. The Bertz CT molecular complexity index is 1620. The van der Waals surface area contributed by atoms with Gasteiger partial charge in [0.15, 0.2) is 5.82 Å². The van der Waals surface area contributed by atoms with E-state index in [0.29, 0.717) is 11.6 Å². The van der Waals surface area contributed by atoms with Crippen LogP contribution in [0.15, 0.2) is 65.8 Å². The van der Waals surface area contributed by atoms with Crippen molar-refractivity contribution in [2.75, 3.05) is 4.72 Å². The van der Waals surface area contributed by atoms with Crippen LogP contribution in [0.2, 0.25) is 0 Å². The van der Waals surface area contributed by atoms with Gasteiger partial charge in [0.1, 0.15) is 17.9 Å². The number of anilines is 1. The minimum absolute atomic E-state index is 0.0579. The second kappa shape index (κ2) is 9.14. The molecule has 0 aliphatic heterocycles. The molecule has 0 radical (unpaired) electrons. The first-order valence-corrected chi connectivity index (χ1v) is 12.0. The summed E-state index contributed by atoms with van der Waals surface area (Å²) in [4.78, 5) is 4.08. The zero-order chi connectivity index (χ0) is 25.3. The van der Waals surface area contributed by atoms with Gasteiger partial charge in [-0.2, -0.15) is 5.21 Å². The largest absolute Gasteiger partial charge is 0.438 e. The summed E-state index contributed by atoms with van der Waals surface area (Å²) in [6.45, 7) is 3.85.